The molecule has 0 aliphatic rings. The zero-order valence-electron chi connectivity index (χ0n) is 7.76. The maximum atomic E-state index is 11.7. The molecule has 0 amide bonds. The van der Waals surface area contributed by atoms with Crippen molar-refractivity contribution in [2.75, 3.05) is 7.11 Å². The van der Waals surface area contributed by atoms with Gasteiger partial charge in [0.05, 0.1) is 9.21 Å². The SMILES string of the molecule is COC(C)(C)C(=O)c1ccc(Cl)s1. The van der Waals surface area contributed by atoms with E-state index in [2.05, 4.69) is 0 Å². The molecule has 0 bridgehead atoms. The van der Waals surface area contributed by atoms with Crippen molar-refractivity contribution in [3.8, 4) is 0 Å². The Hall–Kier alpha value is -0.380. The Morgan fingerprint density at radius 1 is 1.54 bits per heavy atom. The summed E-state index contributed by atoms with van der Waals surface area (Å²) in [6, 6.07) is 3.43. The van der Waals surface area contributed by atoms with E-state index in [1.807, 2.05) is 0 Å². The van der Waals surface area contributed by atoms with Gasteiger partial charge in [0.25, 0.3) is 0 Å². The number of rotatable bonds is 3. The van der Waals surface area contributed by atoms with E-state index in [9.17, 15) is 4.79 Å². The lowest BCUT2D eigenvalue weighted by Crippen LogP contribution is -2.33. The molecule has 0 spiro atoms. The van der Waals surface area contributed by atoms with Gasteiger partial charge in [-0.15, -0.1) is 11.3 Å². The largest absolute Gasteiger partial charge is 0.371 e. The van der Waals surface area contributed by atoms with E-state index < -0.39 is 5.60 Å². The number of thiophene rings is 1. The van der Waals surface area contributed by atoms with Crippen molar-refractivity contribution in [2.24, 2.45) is 0 Å². The van der Waals surface area contributed by atoms with Crippen LogP contribution in [0.4, 0.5) is 0 Å². The van der Waals surface area contributed by atoms with Crippen molar-refractivity contribution in [2.45, 2.75) is 19.4 Å². The Kier molecular flexibility index (Phi) is 3.11. The number of hydrogen-bond donors (Lipinski definition) is 0. The Balaban J connectivity index is 2.91. The zero-order chi connectivity index (χ0) is 10.1. The highest BCUT2D eigenvalue weighted by molar-refractivity contribution is 7.18. The number of carbonyl (C=O) groups excluding carboxylic acids is 1. The molecule has 2 nitrogen and oxygen atoms in total. The molecular formula is C9H11ClO2S. The maximum absolute atomic E-state index is 11.7. The van der Waals surface area contributed by atoms with Gasteiger partial charge in [-0.3, -0.25) is 4.79 Å². The zero-order valence-corrected chi connectivity index (χ0v) is 9.33. The quantitative estimate of drug-likeness (QED) is 0.730. The summed E-state index contributed by atoms with van der Waals surface area (Å²) < 4.78 is 5.70. The lowest BCUT2D eigenvalue weighted by Gasteiger charge is -2.19. The van der Waals surface area contributed by atoms with Crippen LogP contribution in [0.1, 0.15) is 23.5 Å². The minimum atomic E-state index is -0.770. The smallest absolute Gasteiger partial charge is 0.203 e. The van der Waals surface area contributed by atoms with E-state index >= 15 is 0 Å². The molecule has 72 valence electrons. The second-order valence-electron chi connectivity index (χ2n) is 3.15. The third-order valence-electron chi connectivity index (χ3n) is 1.85. The number of hydrogen-bond acceptors (Lipinski definition) is 3. The molecule has 0 unspecified atom stereocenters. The first kappa shape index (κ1) is 10.7. The van der Waals surface area contributed by atoms with E-state index in [1.54, 1.807) is 26.0 Å². The topological polar surface area (TPSA) is 26.3 Å². The van der Waals surface area contributed by atoms with Crippen LogP contribution in [0.25, 0.3) is 0 Å². The Labute approximate surface area is 86.5 Å². The van der Waals surface area contributed by atoms with Crippen molar-refractivity contribution in [1.29, 1.82) is 0 Å². The molecule has 1 aromatic heterocycles. The molecule has 1 rings (SSSR count). The number of carbonyl (C=O) groups is 1. The van der Waals surface area contributed by atoms with Gasteiger partial charge in [0, 0.05) is 7.11 Å². The Bertz CT molecular complexity index is 317. The first-order chi connectivity index (χ1) is 5.97. The van der Waals surface area contributed by atoms with Gasteiger partial charge < -0.3 is 4.74 Å². The molecule has 0 aliphatic heterocycles. The van der Waals surface area contributed by atoms with Crippen LogP contribution in [-0.2, 0) is 4.74 Å². The summed E-state index contributed by atoms with van der Waals surface area (Å²) in [5, 5.41) is 0. The van der Waals surface area contributed by atoms with E-state index in [0.29, 0.717) is 9.21 Å². The molecule has 1 aromatic rings. The molecule has 0 atom stereocenters. The number of halogens is 1. The second-order valence-corrected chi connectivity index (χ2v) is 4.86. The van der Waals surface area contributed by atoms with Crippen molar-refractivity contribution in [3.05, 3.63) is 21.3 Å². The van der Waals surface area contributed by atoms with Crippen molar-refractivity contribution >= 4 is 28.7 Å². The molecule has 0 aliphatic carbocycles. The molecule has 4 heteroatoms. The fraction of sp³-hybridized carbons (Fsp3) is 0.444. The summed E-state index contributed by atoms with van der Waals surface area (Å²) in [5.74, 6) is -0.0353. The number of ketones is 1. The minimum Gasteiger partial charge on any atom is -0.371 e. The van der Waals surface area contributed by atoms with Gasteiger partial charge in [-0.05, 0) is 26.0 Å². The van der Waals surface area contributed by atoms with Crippen LogP contribution in [0, 0.1) is 0 Å². The Morgan fingerprint density at radius 2 is 2.15 bits per heavy atom. The highest BCUT2D eigenvalue weighted by Gasteiger charge is 2.29. The summed E-state index contributed by atoms with van der Waals surface area (Å²) in [5.41, 5.74) is -0.770. The molecule has 0 saturated heterocycles. The summed E-state index contributed by atoms with van der Waals surface area (Å²) in [6.07, 6.45) is 0. The molecule has 0 radical (unpaired) electrons. The molecule has 0 N–H and O–H groups in total. The van der Waals surface area contributed by atoms with Gasteiger partial charge >= 0.3 is 0 Å². The predicted molar refractivity (Wildman–Crippen MR) is 54.7 cm³/mol. The molecule has 1 heterocycles. The number of methoxy groups -OCH3 is 1. The van der Waals surface area contributed by atoms with Crippen molar-refractivity contribution in [3.63, 3.8) is 0 Å². The third kappa shape index (κ3) is 2.30. The van der Waals surface area contributed by atoms with E-state index in [-0.39, 0.29) is 5.78 Å². The molecule has 13 heavy (non-hydrogen) atoms. The van der Waals surface area contributed by atoms with Gasteiger partial charge in [-0.2, -0.15) is 0 Å². The highest BCUT2D eigenvalue weighted by atomic mass is 35.5. The summed E-state index contributed by atoms with van der Waals surface area (Å²) in [6.45, 7) is 3.48. The van der Waals surface area contributed by atoms with Crippen LogP contribution < -0.4 is 0 Å². The van der Waals surface area contributed by atoms with Crippen LogP contribution in [-0.4, -0.2) is 18.5 Å². The number of ether oxygens (including phenoxy) is 1. The van der Waals surface area contributed by atoms with Crippen LogP contribution in [0.3, 0.4) is 0 Å². The van der Waals surface area contributed by atoms with Crippen LogP contribution in [0.5, 0.6) is 0 Å². The lowest BCUT2D eigenvalue weighted by atomic mass is 10.0. The Morgan fingerprint density at radius 3 is 2.54 bits per heavy atom. The highest BCUT2D eigenvalue weighted by Crippen LogP contribution is 2.26. The summed E-state index contributed by atoms with van der Waals surface area (Å²) in [4.78, 5) is 12.4. The van der Waals surface area contributed by atoms with Gasteiger partial charge in [0.1, 0.15) is 5.60 Å². The summed E-state index contributed by atoms with van der Waals surface area (Å²) in [7, 11) is 1.52. The lowest BCUT2D eigenvalue weighted by molar-refractivity contribution is 0.0232. The standard InChI is InChI=1S/C9H11ClO2S/c1-9(2,12-3)8(11)6-4-5-7(10)13-6/h4-5H,1-3H3. The first-order valence-electron chi connectivity index (χ1n) is 3.82. The van der Waals surface area contributed by atoms with E-state index in [4.69, 9.17) is 16.3 Å². The van der Waals surface area contributed by atoms with Gasteiger partial charge in [0.15, 0.2) is 0 Å². The normalized spacial score (nSPS) is 11.7. The maximum Gasteiger partial charge on any atom is 0.203 e. The van der Waals surface area contributed by atoms with Gasteiger partial charge in [-0.25, -0.2) is 0 Å². The summed E-state index contributed by atoms with van der Waals surface area (Å²) >= 11 is 7.00. The second kappa shape index (κ2) is 3.78. The van der Waals surface area contributed by atoms with Crippen LogP contribution >= 0.6 is 22.9 Å². The molecule has 0 aromatic carbocycles. The molecule has 0 saturated carbocycles. The average molecular weight is 219 g/mol. The van der Waals surface area contributed by atoms with Gasteiger partial charge in [0.2, 0.25) is 5.78 Å². The fourth-order valence-electron chi connectivity index (χ4n) is 0.826. The van der Waals surface area contributed by atoms with Gasteiger partial charge in [-0.1, -0.05) is 11.6 Å². The first-order valence-corrected chi connectivity index (χ1v) is 5.02. The predicted octanol–water partition coefficient (Wildman–Crippen LogP) is 3.01. The van der Waals surface area contributed by atoms with E-state index in [1.165, 1.54) is 18.4 Å². The molecular weight excluding hydrogens is 208 g/mol. The van der Waals surface area contributed by atoms with Crippen LogP contribution in [0.2, 0.25) is 4.34 Å². The van der Waals surface area contributed by atoms with E-state index in [0.717, 1.165) is 0 Å². The molecule has 0 fully saturated rings. The van der Waals surface area contributed by atoms with Crippen LogP contribution in [0.15, 0.2) is 12.1 Å². The van der Waals surface area contributed by atoms with Crippen molar-refractivity contribution < 1.29 is 9.53 Å². The third-order valence-corrected chi connectivity index (χ3v) is 3.08. The van der Waals surface area contributed by atoms with Crippen molar-refractivity contribution in [1.82, 2.24) is 0 Å². The monoisotopic (exact) mass is 218 g/mol. The number of Topliss-reactive ketones (excluding diaryl/α,β-unsaturated/α-hetero) is 1. The average Bonchev–Trinajstić information content (AvgIpc) is 2.50. The minimum absolute atomic E-state index is 0.0353. The fourth-order valence-corrected chi connectivity index (χ4v) is 1.96.